The lowest BCUT2D eigenvalue weighted by molar-refractivity contribution is -0.239. The molecule has 2 aliphatic rings. The molecule has 2 aliphatic heterocycles. The second-order valence-electron chi connectivity index (χ2n) is 10.2. The van der Waals surface area contributed by atoms with Gasteiger partial charge in [0, 0.05) is 12.3 Å². The van der Waals surface area contributed by atoms with Gasteiger partial charge >= 0.3 is 0 Å². The van der Waals surface area contributed by atoms with Crippen LogP contribution in [0.4, 0.5) is 0 Å². The van der Waals surface area contributed by atoms with Crippen molar-refractivity contribution in [1.82, 2.24) is 0 Å². The zero-order valence-corrected chi connectivity index (χ0v) is 19.9. The van der Waals surface area contributed by atoms with Crippen LogP contribution in [-0.2, 0) is 15.9 Å². The molecule has 2 heterocycles. The van der Waals surface area contributed by atoms with E-state index in [0.29, 0.717) is 31.1 Å². The quantitative estimate of drug-likeness (QED) is 0.249. The Morgan fingerprint density at radius 1 is 1.18 bits per heavy atom. The summed E-state index contributed by atoms with van der Waals surface area (Å²) in [5.74, 6) is -1.92. The lowest BCUT2D eigenvalue weighted by Crippen LogP contribution is -2.55. The summed E-state index contributed by atoms with van der Waals surface area (Å²) in [5.41, 5.74) is -1.15. The average Bonchev–Trinajstić information content (AvgIpc) is 3.48. The number of epoxide rings is 1. The number of carbonyl (C=O) groups is 2. The molecule has 0 aromatic heterocycles. The molecular weight excluding hydrogens is 428 g/mol. The summed E-state index contributed by atoms with van der Waals surface area (Å²) in [7, 11) is 0. The van der Waals surface area contributed by atoms with Crippen LogP contribution in [0.3, 0.4) is 0 Å². The number of aliphatic hydroxyl groups is 2. The van der Waals surface area contributed by atoms with Gasteiger partial charge in [-0.05, 0) is 42.7 Å². The number of ketones is 1. The fourth-order valence-corrected chi connectivity index (χ4v) is 5.05. The molecule has 1 unspecified atom stereocenters. The minimum atomic E-state index is -1.38. The molecule has 184 valence electrons. The van der Waals surface area contributed by atoms with Crippen LogP contribution >= 0.6 is 0 Å². The molecule has 1 aromatic carbocycles. The van der Waals surface area contributed by atoms with Crippen LogP contribution in [0.25, 0.3) is 0 Å². The highest BCUT2D eigenvalue weighted by molar-refractivity contribution is 6.04. The van der Waals surface area contributed by atoms with E-state index in [1.165, 1.54) is 6.07 Å². The summed E-state index contributed by atoms with van der Waals surface area (Å²) in [6.07, 6.45) is -1.66. The van der Waals surface area contributed by atoms with Gasteiger partial charge < -0.3 is 29.9 Å². The van der Waals surface area contributed by atoms with Crippen molar-refractivity contribution in [1.29, 1.82) is 0 Å². The van der Waals surface area contributed by atoms with E-state index < -0.39 is 41.5 Å². The first-order valence-electron chi connectivity index (χ1n) is 11.7. The Bertz CT molecular complexity index is 881. The Labute approximate surface area is 194 Å². The first kappa shape index (κ1) is 25.6. The highest BCUT2D eigenvalue weighted by atomic mass is 16.7. The van der Waals surface area contributed by atoms with E-state index in [-0.39, 0.29) is 41.2 Å². The summed E-state index contributed by atoms with van der Waals surface area (Å²) >= 11 is 0. The van der Waals surface area contributed by atoms with Gasteiger partial charge in [-0.15, -0.1) is 0 Å². The van der Waals surface area contributed by atoms with Gasteiger partial charge in [0.05, 0.1) is 29.4 Å². The second-order valence-corrected chi connectivity index (χ2v) is 10.2. The van der Waals surface area contributed by atoms with Crippen LogP contribution in [0.15, 0.2) is 6.07 Å². The van der Waals surface area contributed by atoms with E-state index >= 15 is 0 Å². The Kier molecular flexibility index (Phi) is 7.53. The number of rotatable bonds is 9. The predicted octanol–water partition coefficient (Wildman–Crippen LogP) is 2.97. The van der Waals surface area contributed by atoms with E-state index in [2.05, 4.69) is 0 Å². The van der Waals surface area contributed by atoms with Crippen molar-refractivity contribution >= 4 is 12.1 Å². The van der Waals surface area contributed by atoms with Crippen LogP contribution in [0, 0.1) is 17.8 Å². The Morgan fingerprint density at radius 3 is 2.33 bits per heavy atom. The topological polar surface area (TPSA) is 137 Å². The maximum atomic E-state index is 13.7. The summed E-state index contributed by atoms with van der Waals surface area (Å²) in [6, 6.07) is 1.43. The smallest absolute Gasteiger partial charge is 0.189 e. The molecule has 8 heteroatoms. The van der Waals surface area contributed by atoms with Crippen molar-refractivity contribution < 1.29 is 39.5 Å². The lowest BCUT2D eigenvalue weighted by atomic mass is 9.78. The number of carbonyl (C=O) groups excluding carboxylic acids is 2. The largest absolute Gasteiger partial charge is 0.507 e. The van der Waals surface area contributed by atoms with Crippen molar-refractivity contribution in [3.8, 4) is 11.5 Å². The third kappa shape index (κ3) is 4.67. The molecule has 2 saturated heterocycles. The minimum Gasteiger partial charge on any atom is -0.507 e. The monoisotopic (exact) mass is 464 g/mol. The van der Waals surface area contributed by atoms with Crippen LogP contribution < -0.4 is 0 Å². The summed E-state index contributed by atoms with van der Waals surface area (Å²) in [5, 5.41) is 42.5. The number of phenols is 2. The molecular formula is C25H36O8. The van der Waals surface area contributed by atoms with Crippen LogP contribution in [0.5, 0.6) is 11.5 Å². The first-order chi connectivity index (χ1) is 15.5. The van der Waals surface area contributed by atoms with E-state index in [4.69, 9.17) is 9.47 Å². The van der Waals surface area contributed by atoms with Crippen molar-refractivity contribution in [3.63, 3.8) is 0 Å². The zero-order valence-electron chi connectivity index (χ0n) is 19.9. The average molecular weight is 465 g/mol. The van der Waals surface area contributed by atoms with Gasteiger partial charge in [-0.25, -0.2) is 0 Å². The third-order valence-corrected chi connectivity index (χ3v) is 6.74. The predicted molar refractivity (Wildman–Crippen MR) is 120 cm³/mol. The number of phenolic OH excluding ortho intramolecular Hbond substituents is 2. The summed E-state index contributed by atoms with van der Waals surface area (Å²) in [4.78, 5) is 25.3. The standard InChI is InChI=1S/C25H36O8/c1-6-20-25(33-20)19(27)10-18(32-24(25)31)15(8-13(4)5)22(29)16-9-14(7-12(2)3)21(28)17(11-26)23(16)30/h9,11-13,15,18-20,24,27-28,30-31H,6-8,10H2,1-5H3/t15?,18-,19-,20+,24-,25+/m1/s1. The third-order valence-electron chi connectivity index (χ3n) is 6.74. The number of aliphatic hydroxyl groups excluding tert-OH is 2. The van der Waals surface area contributed by atoms with Gasteiger partial charge in [0.2, 0.25) is 0 Å². The zero-order chi connectivity index (χ0) is 24.7. The van der Waals surface area contributed by atoms with Gasteiger partial charge in [0.1, 0.15) is 11.5 Å². The fraction of sp³-hybridized carbons (Fsp3) is 0.680. The molecule has 8 nitrogen and oxygen atoms in total. The highest BCUT2D eigenvalue weighted by Crippen LogP contribution is 2.50. The van der Waals surface area contributed by atoms with Gasteiger partial charge in [-0.2, -0.15) is 0 Å². The van der Waals surface area contributed by atoms with Gasteiger partial charge in [-0.3, -0.25) is 9.59 Å². The number of aldehydes is 1. The molecule has 0 bridgehead atoms. The number of hydrogen-bond acceptors (Lipinski definition) is 8. The summed E-state index contributed by atoms with van der Waals surface area (Å²) < 4.78 is 11.4. The molecule has 0 aliphatic carbocycles. The van der Waals surface area contributed by atoms with Gasteiger partial charge in [-0.1, -0.05) is 34.6 Å². The number of Topliss-reactive ketones (excluding diaryl/α,β-unsaturated/α-hetero) is 1. The van der Waals surface area contributed by atoms with Crippen molar-refractivity contribution in [2.75, 3.05) is 0 Å². The first-order valence-corrected chi connectivity index (χ1v) is 11.7. The molecule has 6 atom stereocenters. The van der Waals surface area contributed by atoms with Crippen LogP contribution in [0.1, 0.15) is 80.2 Å². The molecule has 33 heavy (non-hydrogen) atoms. The molecule has 0 radical (unpaired) electrons. The number of benzene rings is 1. The van der Waals surface area contributed by atoms with Crippen molar-refractivity contribution in [2.45, 2.75) is 90.5 Å². The minimum absolute atomic E-state index is 0.0711. The molecule has 2 fully saturated rings. The van der Waals surface area contributed by atoms with Gasteiger partial charge in [0.15, 0.2) is 24.0 Å². The maximum absolute atomic E-state index is 13.7. The van der Waals surface area contributed by atoms with E-state index in [9.17, 15) is 30.0 Å². The van der Waals surface area contributed by atoms with Crippen LogP contribution in [0.2, 0.25) is 0 Å². The molecule has 1 spiro atoms. The van der Waals surface area contributed by atoms with Crippen molar-refractivity contribution in [3.05, 3.63) is 22.8 Å². The Hall–Kier alpha value is -2.00. The number of aromatic hydroxyl groups is 2. The normalized spacial score (nSPS) is 30.1. The highest BCUT2D eigenvalue weighted by Gasteiger charge is 2.68. The fourth-order valence-electron chi connectivity index (χ4n) is 5.05. The number of ether oxygens (including phenoxy) is 2. The lowest BCUT2D eigenvalue weighted by Gasteiger charge is -2.39. The molecule has 0 amide bonds. The second kappa shape index (κ2) is 9.70. The Balaban J connectivity index is 1.97. The molecule has 0 saturated carbocycles. The van der Waals surface area contributed by atoms with Crippen LogP contribution in [-0.4, -0.2) is 62.7 Å². The Morgan fingerprint density at radius 2 is 1.85 bits per heavy atom. The van der Waals surface area contributed by atoms with Gasteiger partial charge in [0.25, 0.3) is 0 Å². The molecule has 1 aromatic rings. The maximum Gasteiger partial charge on any atom is 0.189 e. The van der Waals surface area contributed by atoms with E-state index in [1.807, 2.05) is 34.6 Å². The van der Waals surface area contributed by atoms with E-state index in [1.54, 1.807) is 0 Å². The van der Waals surface area contributed by atoms with Crippen molar-refractivity contribution in [2.24, 2.45) is 17.8 Å². The SMILES string of the molecule is CC[C@@H]1O[C@@]12[C@H](O)C[C@H](C(CC(C)C)C(=O)c1cc(CC(C)C)c(O)c(C=O)c1O)O[C@H]2O. The molecule has 3 rings (SSSR count). The summed E-state index contributed by atoms with van der Waals surface area (Å²) in [6.45, 7) is 9.64. The number of hydrogen-bond donors (Lipinski definition) is 4. The van der Waals surface area contributed by atoms with E-state index in [0.717, 1.165) is 0 Å². The molecule has 4 N–H and O–H groups in total.